The first-order valence-corrected chi connectivity index (χ1v) is 8.96. The van der Waals surface area contributed by atoms with Gasteiger partial charge in [0.2, 0.25) is 5.82 Å². The molecule has 1 unspecified atom stereocenters. The molecule has 0 saturated heterocycles. The molecule has 11 nitrogen and oxygen atoms in total. The molecule has 2 rings (SSSR count). The summed E-state index contributed by atoms with van der Waals surface area (Å²) in [4.78, 5) is 11.3. The van der Waals surface area contributed by atoms with Gasteiger partial charge in [0.25, 0.3) is 0 Å². The highest BCUT2D eigenvalue weighted by Crippen LogP contribution is 2.23. The molecule has 2 aromatic rings. The second-order valence-corrected chi connectivity index (χ2v) is 6.43. The molecule has 5 N–H and O–H groups in total. The third kappa shape index (κ3) is 5.79. The smallest absolute Gasteiger partial charge is 0.202 e. The lowest BCUT2D eigenvalue weighted by Crippen LogP contribution is -2.29. The van der Waals surface area contributed by atoms with Crippen molar-refractivity contribution in [2.75, 3.05) is 25.5 Å². The van der Waals surface area contributed by atoms with Crippen LogP contribution in [-0.2, 0) is 16.0 Å². The van der Waals surface area contributed by atoms with Gasteiger partial charge >= 0.3 is 0 Å². The van der Waals surface area contributed by atoms with Gasteiger partial charge in [-0.3, -0.25) is 15.5 Å². The van der Waals surface area contributed by atoms with E-state index in [2.05, 4.69) is 50.8 Å². The molecule has 0 aliphatic carbocycles. The van der Waals surface area contributed by atoms with Gasteiger partial charge in [0.15, 0.2) is 22.7 Å². The van der Waals surface area contributed by atoms with E-state index in [0.717, 1.165) is 0 Å². The molecule has 0 fully saturated rings. The molecule has 26 heavy (non-hydrogen) atoms. The zero-order chi connectivity index (χ0) is 18.9. The zero-order valence-corrected chi connectivity index (χ0v) is 15.7. The summed E-state index contributed by atoms with van der Waals surface area (Å²) in [6.45, 7) is 0.402. The number of aliphatic imine (C=N–C) groups is 1. The number of nitrogens with zero attached hydrogens (tertiary/aromatic N) is 3. The minimum Gasteiger partial charge on any atom is -0.363 e. The van der Waals surface area contributed by atoms with Crippen molar-refractivity contribution >= 4 is 44.4 Å². The van der Waals surface area contributed by atoms with Crippen molar-refractivity contribution in [2.24, 2.45) is 4.99 Å². The van der Waals surface area contributed by atoms with Crippen molar-refractivity contribution in [3.63, 3.8) is 0 Å². The van der Waals surface area contributed by atoms with Gasteiger partial charge in [-0.05, 0) is 51.5 Å². The van der Waals surface area contributed by atoms with Crippen LogP contribution in [0, 0.1) is 5.82 Å². The number of benzene rings is 1. The molecule has 0 aliphatic heterocycles. The van der Waals surface area contributed by atoms with Gasteiger partial charge in [-0.1, -0.05) is 0 Å². The van der Waals surface area contributed by atoms with Crippen molar-refractivity contribution in [3.05, 3.63) is 34.2 Å². The predicted octanol–water partition coefficient (Wildman–Crippen LogP) is 0.760. The van der Waals surface area contributed by atoms with Crippen LogP contribution < -0.4 is 20.4 Å². The first-order valence-electron chi connectivity index (χ1n) is 7.02. The third-order valence-corrected chi connectivity index (χ3v) is 4.03. The second kappa shape index (κ2) is 10.2. The molecule has 1 atom stereocenters. The molecule has 0 spiro atoms. The van der Waals surface area contributed by atoms with Crippen LogP contribution in [0.25, 0.3) is 0 Å². The van der Waals surface area contributed by atoms with Crippen LogP contribution in [0.3, 0.4) is 0 Å². The SMILES string of the molecule is CNS(=O)NOCCNc1nonc1C(=Nc1ccc(F)c(Br)c1)NO. The average Bonchev–Trinajstić information content (AvgIpc) is 3.10. The molecule has 142 valence electrons. The van der Waals surface area contributed by atoms with E-state index >= 15 is 0 Å². The van der Waals surface area contributed by atoms with E-state index in [1.165, 1.54) is 25.2 Å². The first kappa shape index (κ1) is 20.3. The number of aromatic nitrogens is 2. The number of halogens is 2. The lowest BCUT2D eigenvalue weighted by molar-refractivity contribution is 0.106. The minimum absolute atomic E-state index is 0.0670. The van der Waals surface area contributed by atoms with E-state index in [9.17, 15) is 13.8 Å². The van der Waals surface area contributed by atoms with Gasteiger partial charge in [0.1, 0.15) is 5.82 Å². The van der Waals surface area contributed by atoms with Crippen LogP contribution in [0.15, 0.2) is 32.3 Å². The van der Waals surface area contributed by atoms with Gasteiger partial charge in [0, 0.05) is 6.54 Å². The summed E-state index contributed by atoms with van der Waals surface area (Å²) in [6.07, 6.45) is 0. The van der Waals surface area contributed by atoms with E-state index in [1.807, 2.05) is 5.48 Å². The highest BCUT2D eigenvalue weighted by Gasteiger charge is 2.16. The lowest BCUT2D eigenvalue weighted by Gasteiger charge is -2.07. The Labute approximate surface area is 158 Å². The Balaban J connectivity index is 2.03. The molecule has 1 heterocycles. The van der Waals surface area contributed by atoms with E-state index in [0.29, 0.717) is 5.69 Å². The number of rotatable bonds is 9. The first-order chi connectivity index (χ1) is 12.5. The number of hydrogen-bond acceptors (Lipinski definition) is 8. The topological polar surface area (TPSA) is 146 Å². The standard InChI is InChI=1S/C12H15BrFN7O4S/c1-15-26(23)21-24-5-4-16-11-10(19-25-20-11)12(18-22)17-7-2-3-9(14)8(13)6-7/h2-3,6,15,21-22H,4-5H2,1H3,(H,16,20)(H,17,18). The monoisotopic (exact) mass is 451 g/mol. The number of anilines is 1. The molecule has 14 heteroatoms. The van der Waals surface area contributed by atoms with E-state index < -0.39 is 17.0 Å². The fourth-order valence-corrected chi connectivity index (χ4v) is 2.27. The van der Waals surface area contributed by atoms with E-state index in [4.69, 9.17) is 4.84 Å². The van der Waals surface area contributed by atoms with Crippen molar-refractivity contribution in [1.82, 2.24) is 25.4 Å². The van der Waals surface area contributed by atoms with Crippen LogP contribution in [0.5, 0.6) is 0 Å². The molecule has 1 aromatic heterocycles. The van der Waals surface area contributed by atoms with E-state index in [-0.39, 0.29) is 35.0 Å². The number of amidine groups is 1. The summed E-state index contributed by atoms with van der Waals surface area (Å²) in [5, 5.41) is 19.5. The van der Waals surface area contributed by atoms with Gasteiger partial charge in [0.05, 0.1) is 16.8 Å². The molecule has 0 radical (unpaired) electrons. The average molecular weight is 452 g/mol. The maximum atomic E-state index is 13.3. The largest absolute Gasteiger partial charge is 0.363 e. The molecular formula is C12H15BrFN7O4S. The van der Waals surface area contributed by atoms with Crippen molar-refractivity contribution < 1.29 is 23.3 Å². The van der Waals surface area contributed by atoms with Crippen molar-refractivity contribution in [1.29, 1.82) is 0 Å². The Hall–Kier alpha value is -1.97. The summed E-state index contributed by atoms with van der Waals surface area (Å²) >= 11 is 1.56. The fraction of sp³-hybridized carbons (Fsp3) is 0.250. The predicted molar refractivity (Wildman–Crippen MR) is 94.3 cm³/mol. The molecule has 1 aromatic carbocycles. The van der Waals surface area contributed by atoms with E-state index in [1.54, 1.807) is 0 Å². The van der Waals surface area contributed by atoms with Crippen molar-refractivity contribution in [2.45, 2.75) is 0 Å². The maximum absolute atomic E-state index is 13.3. The molecule has 0 bridgehead atoms. The quantitative estimate of drug-likeness (QED) is 0.162. The summed E-state index contributed by atoms with van der Waals surface area (Å²) in [6, 6.07) is 4.06. The lowest BCUT2D eigenvalue weighted by atomic mass is 10.3. The maximum Gasteiger partial charge on any atom is 0.202 e. The van der Waals surface area contributed by atoms with Crippen LogP contribution in [0.2, 0.25) is 0 Å². The number of nitrogens with one attached hydrogen (secondary N) is 4. The molecule has 0 amide bonds. The Bertz CT molecular complexity index is 791. The number of hydrogen-bond donors (Lipinski definition) is 5. The second-order valence-electron chi connectivity index (χ2n) is 4.46. The highest BCUT2D eigenvalue weighted by atomic mass is 79.9. The molecule has 0 aliphatic rings. The van der Waals surface area contributed by atoms with Crippen LogP contribution in [-0.4, -0.2) is 45.8 Å². The fourth-order valence-electron chi connectivity index (χ4n) is 1.63. The van der Waals surface area contributed by atoms with Crippen LogP contribution >= 0.6 is 15.9 Å². The highest BCUT2D eigenvalue weighted by molar-refractivity contribution is 9.10. The Morgan fingerprint density at radius 3 is 3.00 bits per heavy atom. The van der Waals surface area contributed by atoms with Gasteiger partial charge in [-0.2, -0.15) is 0 Å². The number of hydroxylamine groups is 1. The molecular weight excluding hydrogens is 437 g/mol. The Kier molecular flexibility index (Phi) is 8.02. The summed E-state index contributed by atoms with van der Waals surface area (Å²) in [5.74, 6) is -0.326. The van der Waals surface area contributed by atoms with Gasteiger partial charge < -0.3 is 5.32 Å². The minimum atomic E-state index is -1.50. The normalized spacial score (nSPS) is 12.8. The van der Waals surface area contributed by atoms with Crippen molar-refractivity contribution in [3.8, 4) is 0 Å². The van der Waals surface area contributed by atoms with Gasteiger partial charge in [-0.25, -0.2) is 22.9 Å². The van der Waals surface area contributed by atoms with Crippen LogP contribution in [0.4, 0.5) is 15.9 Å². The third-order valence-electron chi connectivity index (χ3n) is 2.78. The zero-order valence-electron chi connectivity index (χ0n) is 13.3. The summed E-state index contributed by atoms with van der Waals surface area (Å²) in [7, 11) is 1.50. The summed E-state index contributed by atoms with van der Waals surface area (Å²) < 4.78 is 31.6. The van der Waals surface area contributed by atoms with Crippen LogP contribution in [0.1, 0.15) is 5.69 Å². The Morgan fingerprint density at radius 1 is 1.50 bits per heavy atom. The van der Waals surface area contributed by atoms with Gasteiger partial charge in [-0.15, -0.1) is 4.89 Å². The Morgan fingerprint density at radius 2 is 2.31 bits per heavy atom. The molecule has 0 saturated carbocycles. The summed E-state index contributed by atoms with van der Waals surface area (Å²) in [5.41, 5.74) is 2.35.